The number of benzene rings is 1. The number of aromatic nitrogens is 1. The van der Waals surface area contributed by atoms with Crippen molar-refractivity contribution in [2.75, 3.05) is 11.9 Å². The van der Waals surface area contributed by atoms with Crippen LogP contribution >= 0.6 is 11.3 Å². The van der Waals surface area contributed by atoms with Crippen molar-refractivity contribution >= 4 is 34.4 Å². The van der Waals surface area contributed by atoms with Crippen LogP contribution in [0.1, 0.15) is 54.7 Å². The molecule has 3 rings (SSSR count). The highest BCUT2D eigenvalue weighted by Crippen LogP contribution is 2.39. The van der Waals surface area contributed by atoms with E-state index in [0.717, 1.165) is 29.5 Å². The van der Waals surface area contributed by atoms with Crippen molar-refractivity contribution in [3.63, 3.8) is 0 Å². The number of carboxylic acids is 1. The number of nitrogens with one attached hydrogen (secondary N) is 1. The molecule has 2 N–H and O–H groups in total. The second kappa shape index (κ2) is 11.0. The number of allylic oxidation sites excluding steroid dienone is 2. The topological polar surface area (TPSA) is 88.5 Å². The number of anilines is 1. The lowest BCUT2D eigenvalue weighted by Gasteiger charge is -2.30. The molecule has 1 aliphatic carbocycles. The Balaban J connectivity index is 1.76. The van der Waals surface area contributed by atoms with Gasteiger partial charge < -0.3 is 9.84 Å². The minimum atomic E-state index is -2.09. The van der Waals surface area contributed by atoms with Crippen LogP contribution in [0.3, 0.4) is 0 Å². The van der Waals surface area contributed by atoms with Gasteiger partial charge >= 0.3 is 5.97 Å². The number of hydrogen-bond donors (Lipinski definition) is 2. The summed E-state index contributed by atoms with van der Waals surface area (Å²) in [7, 11) is 0. The summed E-state index contributed by atoms with van der Waals surface area (Å²) in [5, 5.41) is 13.1. The van der Waals surface area contributed by atoms with Crippen molar-refractivity contribution < 1.29 is 32.6 Å². The molecule has 1 aliphatic rings. The van der Waals surface area contributed by atoms with Gasteiger partial charge in [-0.1, -0.05) is 32.1 Å². The normalized spacial score (nSPS) is 19.9. The Morgan fingerprint density at radius 2 is 1.97 bits per heavy atom. The molecular weight excluding hydrogens is 481 g/mol. The monoisotopic (exact) mass is 506 g/mol. The van der Waals surface area contributed by atoms with Gasteiger partial charge in [0, 0.05) is 22.1 Å². The molecule has 0 spiro atoms. The highest BCUT2D eigenvalue weighted by Gasteiger charge is 2.40. The highest BCUT2D eigenvalue weighted by molar-refractivity contribution is 7.14. The molecule has 186 valence electrons. The number of aliphatic carboxylic acids is 1. The standard InChI is InChI=1S/C25H25F3N2O4S/c1-14(2)7-9-34-25(28)8-5-4-6-18(25)21-13-35-24(29-21)30-22(31)16-11-19(26)17(20(27)12-16)10-15(3)23(32)33/h4-6,8,10-14,18H,7,9H2,1-3H3,(H,32,33)(H,29,30,31)/b15-10+. The Labute approximate surface area is 204 Å². The second-order valence-corrected chi connectivity index (χ2v) is 9.33. The highest BCUT2D eigenvalue weighted by atomic mass is 32.1. The van der Waals surface area contributed by atoms with Crippen molar-refractivity contribution in [1.82, 2.24) is 4.98 Å². The minimum Gasteiger partial charge on any atom is -0.478 e. The number of carbonyl (C=O) groups excluding carboxylic acids is 1. The molecule has 0 bridgehead atoms. The molecule has 2 unspecified atom stereocenters. The van der Waals surface area contributed by atoms with E-state index in [4.69, 9.17) is 9.84 Å². The van der Waals surface area contributed by atoms with Gasteiger partial charge in [0.15, 0.2) is 5.13 Å². The van der Waals surface area contributed by atoms with E-state index in [9.17, 15) is 18.4 Å². The van der Waals surface area contributed by atoms with Gasteiger partial charge in [0.05, 0.1) is 18.2 Å². The van der Waals surface area contributed by atoms with E-state index in [1.54, 1.807) is 23.6 Å². The summed E-state index contributed by atoms with van der Waals surface area (Å²) >= 11 is 1.03. The fourth-order valence-electron chi connectivity index (χ4n) is 3.27. The zero-order chi connectivity index (χ0) is 25.8. The van der Waals surface area contributed by atoms with E-state index < -0.39 is 40.8 Å². The van der Waals surface area contributed by atoms with Gasteiger partial charge in [-0.25, -0.2) is 22.9 Å². The van der Waals surface area contributed by atoms with Crippen molar-refractivity contribution in [2.45, 2.75) is 39.0 Å². The van der Waals surface area contributed by atoms with Crippen molar-refractivity contribution in [3.8, 4) is 0 Å². The predicted octanol–water partition coefficient (Wildman–Crippen LogP) is 6.10. The molecule has 6 nitrogen and oxygen atoms in total. The number of alkyl halides is 1. The van der Waals surface area contributed by atoms with Gasteiger partial charge in [-0.05, 0) is 43.5 Å². The lowest BCUT2D eigenvalue weighted by Crippen LogP contribution is -2.34. The first-order valence-corrected chi connectivity index (χ1v) is 11.7. The smallest absolute Gasteiger partial charge is 0.331 e. The number of halogens is 3. The zero-order valence-corrected chi connectivity index (χ0v) is 20.2. The summed E-state index contributed by atoms with van der Waals surface area (Å²) < 4.78 is 49.9. The molecule has 2 atom stereocenters. The molecule has 35 heavy (non-hydrogen) atoms. The quantitative estimate of drug-likeness (QED) is 0.401. The Bertz CT molecular complexity index is 1180. The number of carboxylic acid groups (broad SMARTS) is 1. The van der Waals surface area contributed by atoms with Crippen molar-refractivity contribution in [2.24, 2.45) is 5.92 Å². The Hall–Kier alpha value is -3.24. The van der Waals surface area contributed by atoms with Crippen LogP contribution in [0.2, 0.25) is 0 Å². The second-order valence-electron chi connectivity index (χ2n) is 8.47. The molecular formula is C25H25F3N2O4S. The molecule has 0 fully saturated rings. The zero-order valence-electron chi connectivity index (χ0n) is 19.3. The van der Waals surface area contributed by atoms with Crippen LogP contribution in [0.15, 0.2) is 47.4 Å². The number of nitrogens with zero attached hydrogens (tertiary/aromatic N) is 1. The van der Waals surface area contributed by atoms with Gasteiger partial charge in [-0.2, -0.15) is 0 Å². The summed E-state index contributed by atoms with van der Waals surface area (Å²) in [6.07, 6.45) is 7.71. The van der Waals surface area contributed by atoms with Gasteiger partial charge in [0.25, 0.3) is 5.91 Å². The van der Waals surface area contributed by atoms with Crippen LogP contribution in [0.5, 0.6) is 0 Å². The van der Waals surface area contributed by atoms with Crippen LogP contribution < -0.4 is 5.32 Å². The maximum atomic E-state index is 15.6. The third-order valence-corrected chi connectivity index (χ3v) is 6.06. The molecule has 1 heterocycles. The summed E-state index contributed by atoms with van der Waals surface area (Å²) in [6.45, 7) is 5.44. The first-order chi connectivity index (χ1) is 16.5. The lowest BCUT2D eigenvalue weighted by atomic mass is 9.92. The molecule has 0 saturated heterocycles. The fourth-order valence-corrected chi connectivity index (χ4v) is 4.01. The number of amides is 1. The average Bonchev–Trinajstić information content (AvgIpc) is 3.23. The van der Waals surface area contributed by atoms with Gasteiger partial charge in [-0.15, -0.1) is 11.3 Å². The fraction of sp³-hybridized carbons (Fsp3) is 0.320. The number of thiazole rings is 1. The molecule has 0 saturated carbocycles. The number of carbonyl (C=O) groups is 2. The SMILES string of the molecule is C/C(=C\c1c(F)cc(C(=O)Nc2nc(C3C=CC=CC3(F)OCCC(C)C)cs2)cc1F)C(=O)O. The first-order valence-electron chi connectivity index (χ1n) is 10.9. The molecule has 2 aromatic rings. The Morgan fingerprint density at radius 1 is 1.29 bits per heavy atom. The molecule has 10 heteroatoms. The average molecular weight is 507 g/mol. The van der Waals surface area contributed by atoms with E-state index in [0.29, 0.717) is 18.0 Å². The number of ether oxygens (including phenoxy) is 1. The molecule has 1 aromatic heterocycles. The van der Waals surface area contributed by atoms with Gasteiger partial charge in [0.2, 0.25) is 5.85 Å². The summed E-state index contributed by atoms with van der Waals surface area (Å²) in [6, 6.07) is 1.61. The van der Waals surface area contributed by atoms with E-state index in [2.05, 4.69) is 10.3 Å². The van der Waals surface area contributed by atoms with Gasteiger partial charge in [-0.3, -0.25) is 10.1 Å². The molecule has 1 amide bonds. The van der Waals surface area contributed by atoms with E-state index in [1.165, 1.54) is 13.0 Å². The third kappa shape index (κ3) is 6.46. The van der Waals surface area contributed by atoms with Gasteiger partial charge in [0.1, 0.15) is 11.6 Å². The molecule has 1 aromatic carbocycles. The Kier molecular flexibility index (Phi) is 8.29. The Morgan fingerprint density at radius 3 is 2.60 bits per heavy atom. The van der Waals surface area contributed by atoms with E-state index in [-0.39, 0.29) is 22.9 Å². The van der Waals surface area contributed by atoms with E-state index >= 15 is 4.39 Å². The number of rotatable bonds is 9. The predicted molar refractivity (Wildman–Crippen MR) is 128 cm³/mol. The summed E-state index contributed by atoms with van der Waals surface area (Å²) in [5.74, 6) is -6.90. The van der Waals surface area contributed by atoms with Crippen LogP contribution in [0.4, 0.5) is 18.3 Å². The maximum Gasteiger partial charge on any atom is 0.331 e. The lowest BCUT2D eigenvalue weighted by molar-refractivity contribution is -0.132. The first kappa shape index (κ1) is 26.4. The van der Waals surface area contributed by atoms with Crippen LogP contribution in [-0.2, 0) is 9.53 Å². The summed E-state index contributed by atoms with van der Waals surface area (Å²) in [5.41, 5.74) is -0.815. The van der Waals surface area contributed by atoms with Crippen molar-refractivity contribution in [3.05, 3.63) is 75.8 Å². The maximum absolute atomic E-state index is 15.6. The minimum absolute atomic E-state index is 0.115. The van der Waals surface area contributed by atoms with Crippen LogP contribution in [0.25, 0.3) is 6.08 Å². The van der Waals surface area contributed by atoms with Crippen LogP contribution in [0, 0.1) is 17.6 Å². The largest absolute Gasteiger partial charge is 0.478 e. The molecule has 0 aliphatic heterocycles. The molecule has 0 radical (unpaired) electrons. The number of hydrogen-bond acceptors (Lipinski definition) is 5. The van der Waals surface area contributed by atoms with Crippen LogP contribution in [-0.4, -0.2) is 34.4 Å². The summed E-state index contributed by atoms with van der Waals surface area (Å²) in [4.78, 5) is 27.8. The van der Waals surface area contributed by atoms with Crippen molar-refractivity contribution in [1.29, 1.82) is 0 Å². The third-order valence-electron chi connectivity index (χ3n) is 5.28. The van der Waals surface area contributed by atoms with E-state index in [1.807, 2.05) is 13.8 Å².